The van der Waals surface area contributed by atoms with E-state index in [1.807, 2.05) is 49.3 Å². The number of thiazole rings is 1. The molecule has 8 heteroatoms. The van der Waals surface area contributed by atoms with Gasteiger partial charge in [0.1, 0.15) is 11.9 Å². The second-order valence-electron chi connectivity index (χ2n) is 6.90. The lowest BCUT2D eigenvalue weighted by molar-refractivity contribution is -0.123. The van der Waals surface area contributed by atoms with Gasteiger partial charge in [0.25, 0.3) is 5.91 Å². The van der Waals surface area contributed by atoms with Crippen LogP contribution < -0.4 is 10.1 Å². The van der Waals surface area contributed by atoms with Crippen LogP contribution >= 0.6 is 11.3 Å². The number of hydrogen-bond donors (Lipinski definition) is 1. The maximum Gasteiger partial charge on any atom is 0.282 e. The molecule has 0 bridgehead atoms. The molecule has 3 rings (SSSR count). The number of rotatable bonds is 7. The first-order chi connectivity index (χ1) is 14.5. The van der Waals surface area contributed by atoms with Crippen LogP contribution in [0.15, 0.2) is 71.2 Å². The Kier molecular flexibility index (Phi) is 7.26. The first-order valence-electron chi connectivity index (χ1n) is 9.44. The summed E-state index contributed by atoms with van der Waals surface area (Å²) in [5.74, 6) is -1.53. The zero-order valence-electron chi connectivity index (χ0n) is 16.8. The molecule has 2 aromatic carbocycles. The summed E-state index contributed by atoms with van der Waals surface area (Å²) in [6.07, 6.45) is 1.71. The summed E-state index contributed by atoms with van der Waals surface area (Å²) in [5, 5.41) is 4.69. The van der Waals surface area contributed by atoms with Gasteiger partial charge in [-0.25, -0.2) is 4.39 Å². The quantitative estimate of drug-likeness (QED) is 0.632. The van der Waals surface area contributed by atoms with Crippen molar-refractivity contribution in [2.75, 3.05) is 27.2 Å². The molecular weight excluding hydrogens is 403 g/mol. The van der Waals surface area contributed by atoms with E-state index in [1.54, 1.807) is 22.2 Å². The lowest BCUT2D eigenvalue weighted by Gasteiger charge is -2.20. The SMILES string of the molecule is CN(C)CCNC(=O)[C@H](c1ccccc1)n1ccsc1=NC(=O)c1ccccc1F. The van der Waals surface area contributed by atoms with E-state index in [-0.39, 0.29) is 11.5 Å². The minimum Gasteiger partial charge on any atom is -0.353 e. The summed E-state index contributed by atoms with van der Waals surface area (Å²) in [6.45, 7) is 1.19. The molecule has 30 heavy (non-hydrogen) atoms. The molecule has 3 aromatic rings. The van der Waals surface area contributed by atoms with Crippen molar-refractivity contribution in [2.45, 2.75) is 6.04 Å². The zero-order chi connectivity index (χ0) is 21.5. The Bertz CT molecular complexity index is 1080. The predicted molar refractivity (Wildman–Crippen MR) is 115 cm³/mol. The van der Waals surface area contributed by atoms with Crippen LogP contribution in [0.2, 0.25) is 0 Å². The topological polar surface area (TPSA) is 66.7 Å². The van der Waals surface area contributed by atoms with E-state index in [2.05, 4.69) is 10.3 Å². The van der Waals surface area contributed by atoms with E-state index in [1.165, 1.54) is 29.5 Å². The monoisotopic (exact) mass is 426 g/mol. The van der Waals surface area contributed by atoms with Gasteiger partial charge in [-0.2, -0.15) is 4.99 Å². The van der Waals surface area contributed by atoms with Crippen molar-refractivity contribution in [1.29, 1.82) is 0 Å². The van der Waals surface area contributed by atoms with Crippen molar-refractivity contribution in [3.05, 3.63) is 87.9 Å². The van der Waals surface area contributed by atoms with Crippen molar-refractivity contribution in [1.82, 2.24) is 14.8 Å². The zero-order valence-corrected chi connectivity index (χ0v) is 17.6. The first kappa shape index (κ1) is 21.6. The molecule has 0 radical (unpaired) electrons. The molecule has 1 atom stereocenters. The number of benzene rings is 2. The molecule has 156 valence electrons. The molecular formula is C22H23FN4O2S. The van der Waals surface area contributed by atoms with Crippen LogP contribution in [0.5, 0.6) is 0 Å². The Balaban J connectivity index is 1.98. The van der Waals surface area contributed by atoms with E-state index in [0.29, 0.717) is 17.9 Å². The third-order valence-electron chi connectivity index (χ3n) is 4.42. The maximum atomic E-state index is 14.0. The lowest BCUT2D eigenvalue weighted by atomic mass is 10.1. The van der Waals surface area contributed by atoms with E-state index in [9.17, 15) is 14.0 Å². The summed E-state index contributed by atoms with van der Waals surface area (Å²) in [5.41, 5.74) is 0.655. The van der Waals surface area contributed by atoms with E-state index in [4.69, 9.17) is 0 Å². The van der Waals surface area contributed by atoms with Crippen molar-refractivity contribution in [2.24, 2.45) is 4.99 Å². The van der Waals surface area contributed by atoms with Crippen LogP contribution in [0.3, 0.4) is 0 Å². The number of nitrogens with one attached hydrogen (secondary N) is 1. The van der Waals surface area contributed by atoms with Gasteiger partial charge in [0.05, 0.1) is 5.56 Å². The van der Waals surface area contributed by atoms with E-state index < -0.39 is 17.8 Å². The van der Waals surface area contributed by atoms with Gasteiger partial charge in [-0.15, -0.1) is 11.3 Å². The fraction of sp³-hybridized carbons (Fsp3) is 0.227. The highest BCUT2D eigenvalue weighted by Crippen LogP contribution is 2.18. The summed E-state index contributed by atoms with van der Waals surface area (Å²) >= 11 is 1.21. The Morgan fingerprint density at radius 2 is 1.83 bits per heavy atom. The number of amides is 2. The van der Waals surface area contributed by atoms with Crippen molar-refractivity contribution >= 4 is 23.2 Å². The molecule has 0 unspecified atom stereocenters. The number of hydrogen-bond acceptors (Lipinski definition) is 4. The second kappa shape index (κ2) is 10.1. The number of likely N-dealkylation sites (N-methyl/N-ethyl adjacent to an activating group) is 1. The molecule has 0 spiro atoms. The van der Waals surface area contributed by atoms with Crippen LogP contribution in [-0.4, -0.2) is 48.5 Å². The van der Waals surface area contributed by atoms with Gasteiger partial charge >= 0.3 is 0 Å². The summed E-state index contributed by atoms with van der Waals surface area (Å²) in [7, 11) is 3.86. The number of halogens is 1. The summed E-state index contributed by atoms with van der Waals surface area (Å²) < 4.78 is 15.6. The molecule has 0 aliphatic heterocycles. The summed E-state index contributed by atoms with van der Waals surface area (Å²) in [4.78, 5) is 32.0. The van der Waals surface area contributed by atoms with Crippen molar-refractivity contribution < 1.29 is 14.0 Å². The molecule has 6 nitrogen and oxygen atoms in total. The average molecular weight is 427 g/mol. The molecule has 1 aromatic heterocycles. The first-order valence-corrected chi connectivity index (χ1v) is 10.3. The average Bonchev–Trinajstić information content (AvgIpc) is 3.16. The lowest BCUT2D eigenvalue weighted by Crippen LogP contribution is -2.39. The Hall–Kier alpha value is -3.10. The standard InChI is InChI=1S/C22H23FN4O2S/c1-26(2)13-12-24-21(29)19(16-8-4-3-5-9-16)27-14-15-30-22(27)25-20(28)17-10-6-7-11-18(17)23/h3-11,14-15,19H,12-13H2,1-2H3,(H,24,29)/t19-/m0/s1. The Labute approximate surface area is 178 Å². The molecule has 0 aliphatic carbocycles. The van der Waals surface area contributed by atoms with Gasteiger partial charge in [-0.05, 0) is 31.8 Å². The van der Waals surface area contributed by atoms with Gasteiger partial charge in [0, 0.05) is 24.7 Å². The Morgan fingerprint density at radius 1 is 1.13 bits per heavy atom. The highest BCUT2D eigenvalue weighted by molar-refractivity contribution is 7.07. The molecule has 2 amide bonds. The van der Waals surface area contributed by atoms with Crippen LogP contribution in [0, 0.1) is 5.82 Å². The molecule has 1 N–H and O–H groups in total. The third-order valence-corrected chi connectivity index (χ3v) is 5.19. The molecule has 0 fully saturated rings. The third kappa shape index (κ3) is 5.28. The molecule has 1 heterocycles. The van der Waals surface area contributed by atoms with Crippen LogP contribution in [-0.2, 0) is 4.79 Å². The number of aromatic nitrogens is 1. The normalized spacial score (nSPS) is 12.7. The van der Waals surface area contributed by atoms with E-state index in [0.717, 1.165) is 5.56 Å². The summed E-state index contributed by atoms with van der Waals surface area (Å²) in [6, 6.07) is 14.3. The number of carbonyl (C=O) groups excluding carboxylic acids is 2. The fourth-order valence-corrected chi connectivity index (χ4v) is 3.65. The maximum absolute atomic E-state index is 14.0. The Morgan fingerprint density at radius 3 is 2.53 bits per heavy atom. The molecule has 0 aliphatic rings. The van der Waals surface area contributed by atoms with Gasteiger partial charge in [-0.3, -0.25) is 9.59 Å². The highest BCUT2D eigenvalue weighted by atomic mass is 32.1. The minimum absolute atomic E-state index is 0.107. The fourth-order valence-electron chi connectivity index (χ4n) is 2.92. The predicted octanol–water partition coefficient (Wildman–Crippen LogP) is 2.70. The number of nitrogens with zero attached hydrogens (tertiary/aromatic N) is 3. The molecule has 0 saturated heterocycles. The van der Waals surface area contributed by atoms with Crippen LogP contribution in [0.4, 0.5) is 4.39 Å². The van der Waals surface area contributed by atoms with Gasteiger partial charge < -0.3 is 14.8 Å². The van der Waals surface area contributed by atoms with Crippen LogP contribution in [0.1, 0.15) is 22.0 Å². The highest BCUT2D eigenvalue weighted by Gasteiger charge is 2.23. The number of carbonyl (C=O) groups is 2. The van der Waals surface area contributed by atoms with Crippen molar-refractivity contribution in [3.63, 3.8) is 0 Å². The minimum atomic E-state index is -0.702. The van der Waals surface area contributed by atoms with Gasteiger partial charge in [0.15, 0.2) is 4.80 Å². The van der Waals surface area contributed by atoms with E-state index >= 15 is 0 Å². The smallest absolute Gasteiger partial charge is 0.282 e. The van der Waals surface area contributed by atoms with Crippen LogP contribution in [0.25, 0.3) is 0 Å². The molecule has 0 saturated carbocycles. The largest absolute Gasteiger partial charge is 0.353 e. The van der Waals surface area contributed by atoms with Gasteiger partial charge in [-0.1, -0.05) is 42.5 Å². The van der Waals surface area contributed by atoms with Gasteiger partial charge in [0.2, 0.25) is 5.91 Å². The van der Waals surface area contributed by atoms with Crippen molar-refractivity contribution in [3.8, 4) is 0 Å². The second-order valence-corrected chi connectivity index (χ2v) is 7.77.